The Labute approximate surface area is 172 Å². The van der Waals surface area contributed by atoms with E-state index in [1.807, 2.05) is 0 Å². The van der Waals surface area contributed by atoms with E-state index in [0.29, 0.717) is 34.1 Å². The summed E-state index contributed by atoms with van der Waals surface area (Å²) in [4.78, 5) is 35.7. The maximum Gasteiger partial charge on any atom is 0.344 e. The van der Waals surface area contributed by atoms with Crippen LogP contribution in [0.4, 0.5) is 5.00 Å². The van der Waals surface area contributed by atoms with Gasteiger partial charge in [-0.1, -0.05) is 6.92 Å². The average molecular weight is 412 g/mol. The van der Waals surface area contributed by atoms with Crippen LogP contribution < -0.4 is 10.1 Å². The minimum Gasteiger partial charge on any atom is -0.482 e. The number of nitriles is 1. The lowest BCUT2D eigenvalue weighted by Gasteiger charge is -2.17. The molecule has 0 bridgehead atoms. The Hall–Kier alpha value is -3.18. The van der Waals surface area contributed by atoms with Crippen LogP contribution in [0.3, 0.4) is 0 Å². The molecule has 1 aliphatic carbocycles. The largest absolute Gasteiger partial charge is 0.482 e. The topological polar surface area (TPSA) is 105 Å². The fourth-order valence-electron chi connectivity index (χ4n) is 3.09. The van der Waals surface area contributed by atoms with Gasteiger partial charge in [0.1, 0.15) is 23.1 Å². The van der Waals surface area contributed by atoms with E-state index in [1.54, 1.807) is 24.3 Å². The van der Waals surface area contributed by atoms with Crippen LogP contribution in [-0.2, 0) is 27.2 Å². The number of carbonyl (C=O) groups is 3. The van der Waals surface area contributed by atoms with Crippen LogP contribution >= 0.6 is 11.3 Å². The first-order valence-electron chi connectivity index (χ1n) is 9.18. The van der Waals surface area contributed by atoms with Crippen LogP contribution in [0.5, 0.6) is 5.75 Å². The number of nitrogens with zero attached hydrogens (tertiary/aromatic N) is 1. The number of anilines is 1. The van der Waals surface area contributed by atoms with Crippen LogP contribution in [0.1, 0.15) is 39.7 Å². The number of aldehydes is 1. The number of nitrogens with one attached hydrogen (secondary N) is 1. The Morgan fingerprint density at radius 1 is 1.31 bits per heavy atom. The highest BCUT2D eigenvalue weighted by Gasteiger charge is 2.24. The second kappa shape index (κ2) is 9.34. The highest BCUT2D eigenvalue weighted by atomic mass is 32.1. The third-order valence-corrected chi connectivity index (χ3v) is 5.78. The number of thiophene rings is 1. The molecule has 8 heteroatoms. The first kappa shape index (κ1) is 20.6. The van der Waals surface area contributed by atoms with Crippen molar-refractivity contribution in [2.45, 2.75) is 26.2 Å². The van der Waals surface area contributed by atoms with E-state index in [1.165, 1.54) is 11.3 Å². The highest BCUT2D eigenvalue weighted by molar-refractivity contribution is 7.16. The van der Waals surface area contributed by atoms with Gasteiger partial charge in [0, 0.05) is 10.4 Å². The number of carbonyl (C=O) groups excluding carboxylic acids is 3. The second-order valence-corrected chi connectivity index (χ2v) is 7.96. The van der Waals surface area contributed by atoms with Gasteiger partial charge in [-0.3, -0.25) is 9.59 Å². The van der Waals surface area contributed by atoms with E-state index >= 15 is 0 Å². The van der Waals surface area contributed by atoms with Gasteiger partial charge >= 0.3 is 5.97 Å². The lowest BCUT2D eigenvalue weighted by molar-refractivity contribution is -0.149. The molecule has 0 aliphatic heterocycles. The molecule has 2 aromatic rings. The molecule has 0 fully saturated rings. The van der Waals surface area contributed by atoms with Crippen LogP contribution in [0, 0.1) is 17.2 Å². The number of ether oxygens (including phenoxy) is 2. The van der Waals surface area contributed by atoms with E-state index in [0.717, 1.165) is 29.7 Å². The van der Waals surface area contributed by atoms with Gasteiger partial charge in [-0.25, -0.2) is 4.79 Å². The van der Waals surface area contributed by atoms with E-state index in [2.05, 4.69) is 18.3 Å². The Kier molecular flexibility index (Phi) is 6.62. The zero-order chi connectivity index (χ0) is 20.8. The van der Waals surface area contributed by atoms with Crippen LogP contribution in [0.15, 0.2) is 24.3 Å². The molecule has 1 aromatic heterocycles. The first-order valence-corrected chi connectivity index (χ1v) is 10.00. The molecule has 1 heterocycles. The molecule has 29 heavy (non-hydrogen) atoms. The van der Waals surface area contributed by atoms with Gasteiger partial charge in [0.15, 0.2) is 13.2 Å². The summed E-state index contributed by atoms with van der Waals surface area (Å²) in [5, 5.41) is 12.6. The molecule has 3 rings (SSSR count). The number of esters is 1. The summed E-state index contributed by atoms with van der Waals surface area (Å²) < 4.78 is 10.2. The highest BCUT2D eigenvalue weighted by Crippen LogP contribution is 2.39. The molecular formula is C21H20N2O5S. The van der Waals surface area contributed by atoms with Crippen molar-refractivity contribution in [3.05, 3.63) is 45.8 Å². The van der Waals surface area contributed by atoms with Crippen molar-refractivity contribution < 1.29 is 23.9 Å². The van der Waals surface area contributed by atoms with Crippen molar-refractivity contribution in [1.82, 2.24) is 0 Å². The SMILES string of the molecule is CC1CCc2c(sc(NC(=O)COC(=O)COc3ccc(C=O)cc3)c2C#N)C1. The Morgan fingerprint density at radius 3 is 2.76 bits per heavy atom. The molecule has 0 spiro atoms. The first-order chi connectivity index (χ1) is 14.0. The van der Waals surface area contributed by atoms with Gasteiger partial charge in [-0.15, -0.1) is 11.3 Å². The molecule has 0 saturated heterocycles. The summed E-state index contributed by atoms with van der Waals surface area (Å²) in [6, 6.07) is 8.44. The predicted molar refractivity (Wildman–Crippen MR) is 107 cm³/mol. The van der Waals surface area contributed by atoms with Gasteiger partial charge in [-0.05, 0) is 55.0 Å². The standard InChI is InChI=1S/C21H20N2O5S/c1-13-2-7-16-17(9-22)21(29-18(16)8-13)23-19(25)11-28-20(26)12-27-15-5-3-14(10-24)4-6-15/h3-6,10,13H,2,7-8,11-12H2,1H3,(H,23,25). The zero-order valence-corrected chi connectivity index (χ0v) is 16.7. The Balaban J connectivity index is 1.49. The minimum absolute atomic E-state index is 0.359. The smallest absolute Gasteiger partial charge is 0.344 e. The van der Waals surface area contributed by atoms with Crippen molar-refractivity contribution in [3.8, 4) is 11.8 Å². The lowest BCUT2D eigenvalue weighted by Crippen LogP contribution is -2.23. The molecule has 1 N–H and O–H groups in total. The number of hydrogen-bond donors (Lipinski definition) is 1. The van der Waals surface area contributed by atoms with Gasteiger partial charge in [-0.2, -0.15) is 5.26 Å². The molecule has 0 radical (unpaired) electrons. The molecule has 7 nitrogen and oxygen atoms in total. The molecule has 0 saturated carbocycles. The second-order valence-electron chi connectivity index (χ2n) is 6.85. The van der Waals surface area contributed by atoms with Crippen LogP contribution in [-0.4, -0.2) is 31.4 Å². The summed E-state index contributed by atoms with van der Waals surface area (Å²) in [6.07, 6.45) is 3.48. The summed E-state index contributed by atoms with van der Waals surface area (Å²) in [6.45, 7) is 1.35. The molecular weight excluding hydrogens is 392 g/mol. The summed E-state index contributed by atoms with van der Waals surface area (Å²) >= 11 is 1.42. The van der Waals surface area contributed by atoms with E-state index in [4.69, 9.17) is 9.47 Å². The maximum atomic E-state index is 12.1. The summed E-state index contributed by atoms with van der Waals surface area (Å²) in [5.41, 5.74) is 2.04. The van der Waals surface area contributed by atoms with E-state index < -0.39 is 18.5 Å². The normalized spacial score (nSPS) is 15.0. The van der Waals surface area contributed by atoms with Crippen molar-refractivity contribution in [3.63, 3.8) is 0 Å². The average Bonchev–Trinajstić information content (AvgIpc) is 3.06. The number of fused-ring (bicyclic) bond motifs is 1. The molecule has 150 valence electrons. The third kappa shape index (κ3) is 5.21. The fraction of sp³-hybridized carbons (Fsp3) is 0.333. The van der Waals surface area contributed by atoms with Gasteiger partial charge < -0.3 is 14.8 Å². The van der Waals surface area contributed by atoms with Crippen LogP contribution in [0.2, 0.25) is 0 Å². The predicted octanol–water partition coefficient (Wildman–Crippen LogP) is 3.12. The van der Waals surface area contributed by atoms with Gasteiger partial charge in [0.25, 0.3) is 5.91 Å². The number of amides is 1. The Morgan fingerprint density at radius 2 is 2.07 bits per heavy atom. The molecule has 1 aromatic carbocycles. The van der Waals surface area contributed by atoms with Gasteiger partial charge in [0.2, 0.25) is 0 Å². The number of rotatable bonds is 7. The minimum atomic E-state index is -0.695. The molecule has 1 atom stereocenters. The number of hydrogen-bond acceptors (Lipinski definition) is 7. The van der Waals surface area contributed by atoms with Crippen molar-refractivity contribution >= 4 is 34.5 Å². The quantitative estimate of drug-likeness (QED) is 0.553. The summed E-state index contributed by atoms with van der Waals surface area (Å²) in [5.74, 6) is -0.225. The third-order valence-electron chi connectivity index (χ3n) is 4.61. The number of benzene rings is 1. The fourth-order valence-corrected chi connectivity index (χ4v) is 4.47. The monoisotopic (exact) mass is 412 g/mol. The van der Waals surface area contributed by atoms with Crippen molar-refractivity contribution in [2.75, 3.05) is 18.5 Å². The maximum absolute atomic E-state index is 12.1. The van der Waals surface area contributed by atoms with Crippen LogP contribution in [0.25, 0.3) is 0 Å². The molecule has 1 amide bonds. The van der Waals surface area contributed by atoms with Gasteiger partial charge in [0.05, 0.1) is 5.56 Å². The van der Waals surface area contributed by atoms with Crippen molar-refractivity contribution in [2.24, 2.45) is 5.92 Å². The van der Waals surface area contributed by atoms with Crippen molar-refractivity contribution in [1.29, 1.82) is 5.26 Å². The Bertz CT molecular complexity index is 959. The van der Waals surface area contributed by atoms with E-state index in [-0.39, 0.29) is 6.61 Å². The summed E-state index contributed by atoms with van der Waals surface area (Å²) in [7, 11) is 0. The lowest BCUT2D eigenvalue weighted by atomic mass is 9.89. The molecule has 1 aliphatic rings. The molecule has 1 unspecified atom stereocenters. The van der Waals surface area contributed by atoms with E-state index in [9.17, 15) is 19.6 Å². The zero-order valence-electron chi connectivity index (χ0n) is 15.9.